The number of rotatable bonds is 10. The van der Waals surface area contributed by atoms with Crippen LogP contribution in [0.3, 0.4) is 0 Å². The normalized spacial score (nSPS) is 11.9. The van der Waals surface area contributed by atoms with E-state index < -0.39 is 9.84 Å². The molecule has 0 aliphatic heterocycles. The van der Waals surface area contributed by atoms with E-state index in [4.69, 9.17) is 9.47 Å². The van der Waals surface area contributed by atoms with Gasteiger partial charge in [-0.15, -0.1) is 0 Å². The molecule has 0 spiro atoms. The third kappa shape index (κ3) is 10.1. The lowest BCUT2D eigenvalue weighted by Gasteiger charge is -2.05. The van der Waals surface area contributed by atoms with E-state index in [1.165, 1.54) is 0 Å². The predicted octanol–water partition coefficient (Wildman–Crippen LogP) is -0.326. The van der Waals surface area contributed by atoms with Crippen LogP contribution in [0.25, 0.3) is 0 Å². The van der Waals surface area contributed by atoms with E-state index in [2.05, 4.69) is 5.32 Å². The van der Waals surface area contributed by atoms with Gasteiger partial charge in [0.05, 0.1) is 18.1 Å². The van der Waals surface area contributed by atoms with Crippen molar-refractivity contribution < 1.29 is 17.9 Å². The maximum absolute atomic E-state index is 11.4. The summed E-state index contributed by atoms with van der Waals surface area (Å²) in [5, 5.41) is 3.00. The van der Waals surface area contributed by atoms with Crippen molar-refractivity contribution in [2.45, 2.75) is 6.42 Å². The number of hydrogen-bond acceptors (Lipinski definition) is 5. The van der Waals surface area contributed by atoms with Gasteiger partial charge in [0, 0.05) is 33.9 Å². The van der Waals surface area contributed by atoms with Gasteiger partial charge in [-0.05, 0) is 6.42 Å². The minimum Gasteiger partial charge on any atom is -0.385 e. The molecule has 0 saturated heterocycles. The SMILES string of the molecule is COCCCS(=O)(=O)CCNCCOC. The van der Waals surface area contributed by atoms with Crippen molar-refractivity contribution in [2.75, 3.05) is 52.0 Å². The maximum Gasteiger partial charge on any atom is 0.151 e. The first-order valence-electron chi connectivity index (χ1n) is 5.01. The van der Waals surface area contributed by atoms with Crippen LogP contribution >= 0.6 is 0 Å². The average Bonchev–Trinajstić information content (AvgIpc) is 2.17. The predicted molar refractivity (Wildman–Crippen MR) is 59.9 cm³/mol. The number of sulfone groups is 1. The highest BCUT2D eigenvalue weighted by Gasteiger charge is 2.09. The molecule has 0 rings (SSSR count). The van der Waals surface area contributed by atoms with E-state index in [1.807, 2.05) is 0 Å². The maximum atomic E-state index is 11.4. The number of ether oxygens (including phenoxy) is 2. The second kappa shape index (κ2) is 9.08. The molecule has 92 valence electrons. The Labute approximate surface area is 92.1 Å². The van der Waals surface area contributed by atoms with Crippen molar-refractivity contribution >= 4 is 9.84 Å². The first-order chi connectivity index (χ1) is 7.12. The van der Waals surface area contributed by atoms with Crippen molar-refractivity contribution in [3.63, 3.8) is 0 Å². The molecule has 0 saturated carbocycles. The standard InChI is InChI=1S/C9H21NO4S/c1-13-6-3-8-15(11,12)9-5-10-4-7-14-2/h10H,3-9H2,1-2H3. The molecule has 0 aromatic heterocycles. The van der Waals surface area contributed by atoms with E-state index in [0.717, 1.165) is 0 Å². The second-order valence-corrected chi connectivity index (χ2v) is 5.54. The summed E-state index contributed by atoms with van der Waals surface area (Å²) < 4.78 is 32.4. The minimum atomic E-state index is -2.92. The Kier molecular flexibility index (Phi) is 8.98. The summed E-state index contributed by atoms with van der Waals surface area (Å²) in [6.07, 6.45) is 0.566. The van der Waals surface area contributed by atoms with Crippen molar-refractivity contribution in [2.24, 2.45) is 0 Å². The summed E-state index contributed by atoms with van der Waals surface area (Å²) in [4.78, 5) is 0. The lowest BCUT2D eigenvalue weighted by molar-refractivity contribution is 0.199. The number of methoxy groups -OCH3 is 2. The van der Waals surface area contributed by atoms with Crippen LogP contribution in [0.1, 0.15) is 6.42 Å². The van der Waals surface area contributed by atoms with Crippen molar-refractivity contribution in [1.29, 1.82) is 0 Å². The molecule has 0 unspecified atom stereocenters. The van der Waals surface area contributed by atoms with Gasteiger partial charge < -0.3 is 14.8 Å². The Morgan fingerprint density at radius 3 is 2.27 bits per heavy atom. The third-order valence-corrected chi connectivity index (χ3v) is 3.61. The van der Waals surface area contributed by atoms with Crippen molar-refractivity contribution in [3.05, 3.63) is 0 Å². The van der Waals surface area contributed by atoms with Gasteiger partial charge in [0.25, 0.3) is 0 Å². The molecule has 0 heterocycles. The first-order valence-corrected chi connectivity index (χ1v) is 6.83. The van der Waals surface area contributed by atoms with Crippen LogP contribution in [0.5, 0.6) is 0 Å². The zero-order chi connectivity index (χ0) is 11.6. The molecule has 6 heteroatoms. The Morgan fingerprint density at radius 1 is 1.00 bits per heavy atom. The molecule has 0 aliphatic carbocycles. The van der Waals surface area contributed by atoms with Crippen LogP contribution in [0.4, 0.5) is 0 Å². The molecule has 0 bridgehead atoms. The highest BCUT2D eigenvalue weighted by molar-refractivity contribution is 7.91. The van der Waals surface area contributed by atoms with Crippen LogP contribution in [-0.4, -0.2) is 60.4 Å². The summed E-state index contributed by atoms with van der Waals surface area (Å²) >= 11 is 0. The summed E-state index contributed by atoms with van der Waals surface area (Å²) in [5.74, 6) is 0.382. The summed E-state index contributed by atoms with van der Waals surface area (Å²) in [6.45, 7) is 2.27. The lowest BCUT2D eigenvalue weighted by atomic mass is 10.5. The Bertz CT molecular complexity index is 228. The van der Waals surface area contributed by atoms with E-state index >= 15 is 0 Å². The molecule has 0 radical (unpaired) electrons. The molecule has 0 atom stereocenters. The highest BCUT2D eigenvalue weighted by Crippen LogP contribution is 1.93. The smallest absolute Gasteiger partial charge is 0.151 e. The van der Waals surface area contributed by atoms with E-state index in [0.29, 0.717) is 32.7 Å². The Hall–Kier alpha value is -0.170. The fraction of sp³-hybridized carbons (Fsp3) is 1.00. The third-order valence-electron chi connectivity index (χ3n) is 1.88. The molecule has 5 nitrogen and oxygen atoms in total. The van der Waals surface area contributed by atoms with E-state index in [-0.39, 0.29) is 11.5 Å². The molecular formula is C9H21NO4S. The van der Waals surface area contributed by atoms with Gasteiger partial charge in [0.15, 0.2) is 9.84 Å². The summed E-state index contributed by atoms with van der Waals surface area (Å²) in [5.41, 5.74) is 0. The molecule has 0 aromatic carbocycles. The molecule has 0 aromatic rings. The molecule has 15 heavy (non-hydrogen) atoms. The topological polar surface area (TPSA) is 64.6 Å². The fourth-order valence-corrected chi connectivity index (χ4v) is 2.27. The van der Waals surface area contributed by atoms with E-state index in [9.17, 15) is 8.42 Å². The van der Waals surface area contributed by atoms with Gasteiger partial charge in [0.2, 0.25) is 0 Å². The number of hydrogen-bond donors (Lipinski definition) is 1. The van der Waals surface area contributed by atoms with Gasteiger partial charge >= 0.3 is 0 Å². The van der Waals surface area contributed by atoms with Crippen molar-refractivity contribution in [1.82, 2.24) is 5.32 Å². The minimum absolute atomic E-state index is 0.181. The summed E-state index contributed by atoms with van der Waals surface area (Å²) in [7, 11) is 0.258. The monoisotopic (exact) mass is 239 g/mol. The van der Waals surface area contributed by atoms with Gasteiger partial charge in [-0.1, -0.05) is 0 Å². The molecule has 0 aliphatic rings. The van der Waals surface area contributed by atoms with Crippen LogP contribution in [0.2, 0.25) is 0 Å². The molecule has 0 fully saturated rings. The fourth-order valence-electron chi connectivity index (χ4n) is 1.05. The van der Waals surface area contributed by atoms with Crippen LogP contribution in [0.15, 0.2) is 0 Å². The molecule has 0 amide bonds. The van der Waals surface area contributed by atoms with Gasteiger partial charge in [-0.2, -0.15) is 0 Å². The van der Waals surface area contributed by atoms with Crippen LogP contribution in [-0.2, 0) is 19.3 Å². The van der Waals surface area contributed by atoms with Crippen molar-refractivity contribution in [3.8, 4) is 0 Å². The van der Waals surface area contributed by atoms with Gasteiger partial charge in [0.1, 0.15) is 0 Å². The molecule has 1 N–H and O–H groups in total. The second-order valence-electron chi connectivity index (χ2n) is 3.24. The summed E-state index contributed by atoms with van der Waals surface area (Å²) in [6, 6.07) is 0. The largest absolute Gasteiger partial charge is 0.385 e. The number of nitrogens with one attached hydrogen (secondary N) is 1. The average molecular weight is 239 g/mol. The first kappa shape index (κ1) is 14.8. The molecular weight excluding hydrogens is 218 g/mol. The highest BCUT2D eigenvalue weighted by atomic mass is 32.2. The van der Waals surface area contributed by atoms with E-state index in [1.54, 1.807) is 14.2 Å². The quantitative estimate of drug-likeness (QED) is 0.529. The van der Waals surface area contributed by atoms with Gasteiger partial charge in [-0.25, -0.2) is 8.42 Å². The zero-order valence-corrected chi connectivity index (χ0v) is 10.3. The lowest BCUT2D eigenvalue weighted by Crippen LogP contribution is -2.27. The Balaban J connectivity index is 3.47. The zero-order valence-electron chi connectivity index (χ0n) is 9.49. The van der Waals surface area contributed by atoms with Gasteiger partial charge in [-0.3, -0.25) is 0 Å². The van der Waals surface area contributed by atoms with Crippen LogP contribution < -0.4 is 5.32 Å². The van der Waals surface area contributed by atoms with Crippen LogP contribution in [0, 0.1) is 0 Å². The Morgan fingerprint density at radius 2 is 1.67 bits per heavy atom.